The van der Waals surface area contributed by atoms with Crippen LogP contribution in [0.25, 0.3) is 0 Å². The molecule has 0 saturated carbocycles. The van der Waals surface area contributed by atoms with Gasteiger partial charge in [0.1, 0.15) is 17.1 Å². The Morgan fingerprint density at radius 3 is 2.87 bits per heavy atom. The minimum absolute atomic E-state index is 0.303. The molecule has 2 aliphatic heterocycles. The first kappa shape index (κ1) is 8.59. The monoisotopic (exact) mass is 206 g/mol. The minimum atomic E-state index is -0.921. The summed E-state index contributed by atoms with van der Waals surface area (Å²) >= 11 is 0. The molecule has 0 fully saturated rings. The van der Waals surface area contributed by atoms with Crippen LogP contribution in [0.4, 0.5) is 0 Å². The van der Waals surface area contributed by atoms with Crippen molar-refractivity contribution in [3.8, 4) is 11.5 Å². The van der Waals surface area contributed by atoms with Gasteiger partial charge in [0.05, 0.1) is 13.2 Å². The summed E-state index contributed by atoms with van der Waals surface area (Å²) in [6.07, 6.45) is 1.43. The Kier molecular flexibility index (Phi) is 1.65. The molecule has 0 saturated heterocycles. The van der Waals surface area contributed by atoms with Gasteiger partial charge >= 0.3 is 5.97 Å². The normalized spacial score (nSPS) is 16.5. The predicted octanol–water partition coefficient (Wildman–Crippen LogP) is 1.25. The summed E-state index contributed by atoms with van der Waals surface area (Å²) in [5.41, 5.74) is 2.04. The number of carboxylic acids is 1. The van der Waals surface area contributed by atoms with Crippen LogP contribution < -0.4 is 9.47 Å². The number of carbonyl (C=O) groups is 1. The van der Waals surface area contributed by atoms with Crippen molar-refractivity contribution in [2.24, 2.45) is 0 Å². The van der Waals surface area contributed by atoms with E-state index in [-0.39, 0.29) is 0 Å². The van der Waals surface area contributed by atoms with Crippen LogP contribution in [-0.4, -0.2) is 24.3 Å². The molecule has 0 aliphatic carbocycles. The molecule has 4 nitrogen and oxygen atoms in total. The summed E-state index contributed by atoms with van der Waals surface area (Å²) in [5, 5.41) is 9.18. The Labute approximate surface area is 86.4 Å². The average Bonchev–Trinajstić information content (AvgIpc) is 2.79. The lowest BCUT2D eigenvalue weighted by molar-refractivity contribution is 0.0692. The number of hydrogen-bond donors (Lipinski definition) is 1. The first-order valence-electron chi connectivity index (χ1n) is 4.95. The molecule has 0 radical (unpaired) electrons. The van der Waals surface area contributed by atoms with E-state index in [0.29, 0.717) is 30.9 Å². The molecule has 1 aromatic rings. The topological polar surface area (TPSA) is 55.8 Å². The molecular weight excluding hydrogens is 196 g/mol. The molecule has 0 amide bonds. The van der Waals surface area contributed by atoms with E-state index in [0.717, 1.165) is 23.3 Å². The fourth-order valence-electron chi connectivity index (χ4n) is 2.21. The lowest BCUT2D eigenvalue weighted by atomic mass is 10.00. The summed E-state index contributed by atoms with van der Waals surface area (Å²) in [4.78, 5) is 11.2. The van der Waals surface area contributed by atoms with Crippen molar-refractivity contribution in [3.05, 3.63) is 22.8 Å². The Morgan fingerprint density at radius 1 is 1.27 bits per heavy atom. The third-order valence-electron chi connectivity index (χ3n) is 2.86. The molecule has 0 unspecified atom stereocenters. The molecule has 0 spiro atoms. The van der Waals surface area contributed by atoms with Crippen LogP contribution in [0.5, 0.6) is 11.5 Å². The summed E-state index contributed by atoms with van der Waals surface area (Å²) in [6, 6.07) is 1.91. The number of hydrogen-bond acceptors (Lipinski definition) is 3. The first-order chi connectivity index (χ1) is 7.27. The van der Waals surface area contributed by atoms with Gasteiger partial charge < -0.3 is 14.6 Å². The van der Waals surface area contributed by atoms with Gasteiger partial charge in [0, 0.05) is 24.0 Å². The molecule has 0 atom stereocenters. The highest BCUT2D eigenvalue weighted by Crippen LogP contribution is 2.40. The largest absolute Gasteiger partial charge is 0.493 e. The summed E-state index contributed by atoms with van der Waals surface area (Å²) in [5.74, 6) is 0.346. The first-order valence-corrected chi connectivity index (χ1v) is 4.95. The number of ether oxygens (including phenoxy) is 2. The highest BCUT2D eigenvalue weighted by molar-refractivity contribution is 5.94. The zero-order valence-corrected chi connectivity index (χ0v) is 8.08. The van der Waals surface area contributed by atoms with E-state index in [4.69, 9.17) is 9.47 Å². The highest BCUT2D eigenvalue weighted by atomic mass is 16.5. The van der Waals surface area contributed by atoms with Gasteiger partial charge in [-0.2, -0.15) is 0 Å². The smallest absolute Gasteiger partial charge is 0.339 e. The molecule has 1 N–H and O–H groups in total. The quantitative estimate of drug-likeness (QED) is 0.751. The van der Waals surface area contributed by atoms with Crippen molar-refractivity contribution < 1.29 is 19.4 Å². The Hall–Kier alpha value is -1.71. The highest BCUT2D eigenvalue weighted by Gasteiger charge is 2.29. The van der Waals surface area contributed by atoms with Crippen LogP contribution in [0.1, 0.15) is 21.5 Å². The minimum Gasteiger partial charge on any atom is -0.493 e. The number of fused-ring (bicyclic) bond motifs is 2. The molecule has 0 aromatic heterocycles. The SMILES string of the molecule is O=C(O)c1c2c(cc3c1OCC3)OCC2. The van der Waals surface area contributed by atoms with Gasteiger partial charge in [-0.05, 0) is 6.07 Å². The van der Waals surface area contributed by atoms with E-state index in [1.54, 1.807) is 0 Å². The van der Waals surface area contributed by atoms with Crippen LogP contribution in [0.3, 0.4) is 0 Å². The van der Waals surface area contributed by atoms with Crippen molar-refractivity contribution in [2.45, 2.75) is 12.8 Å². The van der Waals surface area contributed by atoms with Gasteiger partial charge in [0.15, 0.2) is 0 Å². The molecule has 78 valence electrons. The van der Waals surface area contributed by atoms with Crippen molar-refractivity contribution in [3.63, 3.8) is 0 Å². The van der Waals surface area contributed by atoms with Crippen molar-refractivity contribution in [1.29, 1.82) is 0 Å². The number of benzene rings is 1. The van der Waals surface area contributed by atoms with Crippen molar-refractivity contribution in [1.82, 2.24) is 0 Å². The molecule has 0 bridgehead atoms. The van der Waals surface area contributed by atoms with E-state index in [2.05, 4.69) is 0 Å². The Balaban J connectivity index is 2.29. The molecule has 2 aliphatic rings. The average molecular weight is 206 g/mol. The van der Waals surface area contributed by atoms with Crippen molar-refractivity contribution >= 4 is 5.97 Å². The van der Waals surface area contributed by atoms with Gasteiger partial charge in [0.2, 0.25) is 0 Å². The fraction of sp³-hybridized carbons (Fsp3) is 0.364. The van der Waals surface area contributed by atoms with Crippen LogP contribution in [0.15, 0.2) is 6.07 Å². The van der Waals surface area contributed by atoms with E-state index in [9.17, 15) is 9.90 Å². The van der Waals surface area contributed by atoms with Gasteiger partial charge in [-0.1, -0.05) is 0 Å². The van der Waals surface area contributed by atoms with Crippen LogP contribution in [0, 0.1) is 0 Å². The lowest BCUT2D eigenvalue weighted by Crippen LogP contribution is -2.04. The van der Waals surface area contributed by atoms with Gasteiger partial charge in [-0.3, -0.25) is 0 Å². The fourth-order valence-corrected chi connectivity index (χ4v) is 2.21. The van der Waals surface area contributed by atoms with Crippen LogP contribution in [0.2, 0.25) is 0 Å². The summed E-state index contributed by atoms with van der Waals surface area (Å²) < 4.78 is 10.8. The van der Waals surface area contributed by atoms with Crippen molar-refractivity contribution in [2.75, 3.05) is 13.2 Å². The zero-order valence-electron chi connectivity index (χ0n) is 8.08. The summed E-state index contributed by atoms with van der Waals surface area (Å²) in [7, 11) is 0. The van der Waals surface area contributed by atoms with Gasteiger partial charge in [0.25, 0.3) is 0 Å². The molecule has 4 heteroatoms. The van der Waals surface area contributed by atoms with E-state index in [1.165, 1.54) is 0 Å². The number of carboxylic acid groups (broad SMARTS) is 1. The van der Waals surface area contributed by atoms with Gasteiger partial charge in [-0.25, -0.2) is 4.79 Å². The maximum absolute atomic E-state index is 11.2. The molecule has 1 aromatic carbocycles. The molecule has 15 heavy (non-hydrogen) atoms. The van der Waals surface area contributed by atoms with E-state index < -0.39 is 5.97 Å². The molecule has 3 rings (SSSR count). The van der Waals surface area contributed by atoms with Crippen LogP contribution in [-0.2, 0) is 12.8 Å². The number of rotatable bonds is 1. The predicted molar refractivity (Wildman–Crippen MR) is 51.8 cm³/mol. The van der Waals surface area contributed by atoms with E-state index in [1.807, 2.05) is 6.07 Å². The van der Waals surface area contributed by atoms with Crippen LogP contribution >= 0.6 is 0 Å². The summed E-state index contributed by atoms with van der Waals surface area (Å²) in [6.45, 7) is 1.14. The molecular formula is C11H10O4. The van der Waals surface area contributed by atoms with E-state index >= 15 is 0 Å². The molecule has 2 heterocycles. The Morgan fingerprint density at radius 2 is 2.07 bits per heavy atom. The maximum atomic E-state index is 11.2. The zero-order chi connectivity index (χ0) is 10.4. The second-order valence-electron chi connectivity index (χ2n) is 3.72. The third kappa shape index (κ3) is 1.11. The second kappa shape index (κ2) is 2.89. The third-order valence-corrected chi connectivity index (χ3v) is 2.86. The van der Waals surface area contributed by atoms with Gasteiger partial charge in [-0.15, -0.1) is 0 Å². The Bertz CT molecular complexity index is 418. The maximum Gasteiger partial charge on any atom is 0.339 e. The second-order valence-corrected chi connectivity index (χ2v) is 3.72. The number of aromatic carboxylic acids is 1. The lowest BCUT2D eigenvalue weighted by Gasteiger charge is -2.08. The standard InChI is InChI=1S/C11H10O4/c12-11(13)9-7-2-4-14-8(7)5-6-1-3-15-10(6)9/h5H,1-4H2,(H,12,13).